The van der Waals surface area contributed by atoms with Crippen LogP contribution in [0.4, 0.5) is 0 Å². The molecule has 2 nitrogen and oxygen atoms in total. The van der Waals surface area contributed by atoms with E-state index in [1.54, 1.807) is 0 Å². The van der Waals surface area contributed by atoms with Gasteiger partial charge in [-0.15, -0.1) is 0 Å². The molecular formula is C20H32O2. The van der Waals surface area contributed by atoms with Crippen molar-refractivity contribution in [2.75, 3.05) is 0 Å². The molecule has 2 fully saturated rings. The molecule has 3 aliphatic rings. The molecule has 1 saturated heterocycles. The molecule has 0 aromatic carbocycles. The maximum atomic E-state index is 11.1. The Labute approximate surface area is 135 Å². The second-order valence-electron chi connectivity index (χ2n) is 8.45. The zero-order valence-corrected chi connectivity index (χ0v) is 14.6. The summed E-state index contributed by atoms with van der Waals surface area (Å²) in [5, 5.41) is 11.1. The topological polar surface area (TPSA) is 29.5 Å². The first-order valence-corrected chi connectivity index (χ1v) is 9.02. The van der Waals surface area contributed by atoms with Crippen molar-refractivity contribution in [2.24, 2.45) is 23.7 Å². The molecule has 2 heteroatoms. The molecule has 2 bridgehead atoms. The van der Waals surface area contributed by atoms with Gasteiger partial charge in [-0.3, -0.25) is 0 Å². The summed E-state index contributed by atoms with van der Waals surface area (Å²) in [4.78, 5) is 0. The van der Waals surface area contributed by atoms with Gasteiger partial charge in [0.25, 0.3) is 0 Å². The van der Waals surface area contributed by atoms with E-state index in [0.29, 0.717) is 23.7 Å². The van der Waals surface area contributed by atoms with Crippen molar-refractivity contribution in [3.05, 3.63) is 23.8 Å². The fraction of sp³-hybridized carbons (Fsp3) is 0.800. The highest BCUT2D eigenvalue weighted by molar-refractivity contribution is 5.20. The van der Waals surface area contributed by atoms with Gasteiger partial charge in [-0.1, -0.05) is 37.6 Å². The summed E-state index contributed by atoms with van der Waals surface area (Å²) in [5.74, 6) is 2.15. The maximum Gasteiger partial charge on any atom is 0.0901 e. The third kappa shape index (κ3) is 2.69. The number of hydrogen-bond donors (Lipinski definition) is 1. The van der Waals surface area contributed by atoms with Gasteiger partial charge in [0.1, 0.15) is 0 Å². The Balaban J connectivity index is 2.02. The van der Waals surface area contributed by atoms with E-state index in [9.17, 15) is 5.11 Å². The largest absolute Gasteiger partial charge is 0.387 e. The summed E-state index contributed by atoms with van der Waals surface area (Å²) >= 11 is 0. The first kappa shape index (κ1) is 16.3. The van der Waals surface area contributed by atoms with Crippen LogP contribution in [0.3, 0.4) is 0 Å². The molecule has 1 aliphatic carbocycles. The summed E-state index contributed by atoms with van der Waals surface area (Å²) in [5.41, 5.74) is 2.03. The standard InChI is InChI=1S/C20H32O2/c1-12(2)15-9-8-14(4)17-16-11-13(3)7-6-10-20(5,21)19(22-16)18(15)17/h7,12,15-19,21H,4,6,8-11H2,1-3,5H3/b13-7-/t15-,16-,17-,18-,19-,20?/m1/s1. The highest BCUT2D eigenvalue weighted by Crippen LogP contribution is 2.54. The fourth-order valence-corrected chi connectivity index (χ4v) is 5.20. The van der Waals surface area contributed by atoms with E-state index < -0.39 is 5.60 Å². The third-order valence-corrected chi connectivity index (χ3v) is 6.39. The van der Waals surface area contributed by atoms with Crippen molar-refractivity contribution in [2.45, 2.75) is 77.6 Å². The van der Waals surface area contributed by atoms with Crippen LogP contribution in [0, 0.1) is 23.7 Å². The quantitative estimate of drug-likeness (QED) is 0.723. The minimum Gasteiger partial charge on any atom is -0.387 e. The normalized spacial score (nSPS) is 48.2. The van der Waals surface area contributed by atoms with Gasteiger partial charge in [0.15, 0.2) is 0 Å². The van der Waals surface area contributed by atoms with Gasteiger partial charge in [0, 0.05) is 5.92 Å². The molecule has 2 aliphatic heterocycles. The van der Waals surface area contributed by atoms with E-state index in [4.69, 9.17) is 4.74 Å². The number of ether oxygens (including phenoxy) is 1. The first-order chi connectivity index (χ1) is 10.3. The zero-order valence-electron chi connectivity index (χ0n) is 14.6. The van der Waals surface area contributed by atoms with Gasteiger partial charge in [-0.2, -0.15) is 0 Å². The number of hydrogen-bond acceptors (Lipinski definition) is 2. The van der Waals surface area contributed by atoms with Gasteiger partial charge < -0.3 is 9.84 Å². The maximum absolute atomic E-state index is 11.1. The molecule has 1 N–H and O–H groups in total. The van der Waals surface area contributed by atoms with Crippen LogP contribution in [-0.2, 0) is 4.74 Å². The second-order valence-corrected chi connectivity index (χ2v) is 8.45. The summed E-state index contributed by atoms with van der Waals surface area (Å²) in [6.07, 6.45) is 7.54. The SMILES string of the molecule is C=C1CC[C@H](C(C)C)[C@@H]2[C@H]1[C@H]1C/C(C)=C\CCC(C)(O)[C@@H]2O1. The lowest BCUT2D eigenvalue weighted by atomic mass is 9.61. The predicted octanol–water partition coefficient (Wildman–Crippen LogP) is 4.49. The number of rotatable bonds is 1. The van der Waals surface area contributed by atoms with Crippen molar-refractivity contribution in [1.29, 1.82) is 0 Å². The smallest absolute Gasteiger partial charge is 0.0901 e. The molecule has 0 spiro atoms. The van der Waals surface area contributed by atoms with Crippen LogP contribution in [0.2, 0.25) is 0 Å². The average Bonchev–Trinajstić information content (AvgIpc) is 2.80. The van der Waals surface area contributed by atoms with Crippen LogP contribution in [0.5, 0.6) is 0 Å². The average molecular weight is 304 g/mol. The molecule has 22 heavy (non-hydrogen) atoms. The Hall–Kier alpha value is -0.600. The Morgan fingerprint density at radius 1 is 1.41 bits per heavy atom. The number of allylic oxidation sites excluding steroid dienone is 1. The van der Waals surface area contributed by atoms with Gasteiger partial charge in [-0.25, -0.2) is 0 Å². The highest BCUT2D eigenvalue weighted by atomic mass is 16.5. The Morgan fingerprint density at radius 2 is 2.14 bits per heavy atom. The lowest BCUT2D eigenvalue weighted by Gasteiger charge is -2.43. The van der Waals surface area contributed by atoms with E-state index in [1.165, 1.54) is 17.6 Å². The molecule has 0 aromatic heterocycles. The van der Waals surface area contributed by atoms with Crippen LogP contribution in [0.1, 0.15) is 59.8 Å². The lowest BCUT2D eigenvalue weighted by molar-refractivity contribution is -0.116. The summed E-state index contributed by atoms with van der Waals surface area (Å²) < 4.78 is 6.51. The molecule has 0 aromatic rings. The fourth-order valence-electron chi connectivity index (χ4n) is 5.20. The van der Waals surface area contributed by atoms with Crippen LogP contribution >= 0.6 is 0 Å². The Kier molecular flexibility index (Phi) is 4.28. The lowest BCUT2D eigenvalue weighted by Crippen LogP contribution is -2.48. The van der Waals surface area contributed by atoms with Gasteiger partial charge >= 0.3 is 0 Å². The third-order valence-electron chi connectivity index (χ3n) is 6.39. The van der Waals surface area contributed by atoms with E-state index in [1.807, 2.05) is 6.92 Å². The van der Waals surface area contributed by atoms with Crippen LogP contribution in [0.15, 0.2) is 23.8 Å². The number of aliphatic hydroxyl groups is 1. The Morgan fingerprint density at radius 3 is 2.82 bits per heavy atom. The monoisotopic (exact) mass is 304 g/mol. The molecule has 0 radical (unpaired) electrons. The van der Waals surface area contributed by atoms with Gasteiger partial charge in [0.05, 0.1) is 17.8 Å². The summed E-state index contributed by atoms with van der Waals surface area (Å²) in [6, 6.07) is 0. The molecule has 6 atom stereocenters. The van der Waals surface area contributed by atoms with Crippen molar-refractivity contribution >= 4 is 0 Å². The molecule has 1 saturated carbocycles. The van der Waals surface area contributed by atoms with Crippen LogP contribution in [0.25, 0.3) is 0 Å². The van der Waals surface area contributed by atoms with Crippen molar-refractivity contribution in [3.63, 3.8) is 0 Å². The van der Waals surface area contributed by atoms with E-state index in [2.05, 4.69) is 33.4 Å². The molecule has 124 valence electrons. The highest BCUT2D eigenvalue weighted by Gasteiger charge is 2.56. The minimum atomic E-state index is -0.733. The van der Waals surface area contributed by atoms with E-state index in [-0.39, 0.29) is 12.2 Å². The van der Waals surface area contributed by atoms with Crippen LogP contribution in [-0.4, -0.2) is 22.9 Å². The zero-order chi connectivity index (χ0) is 16.1. The molecule has 1 unspecified atom stereocenters. The van der Waals surface area contributed by atoms with Gasteiger partial charge in [-0.05, 0) is 63.7 Å². The molecular weight excluding hydrogens is 272 g/mol. The molecule has 3 rings (SSSR count). The van der Waals surface area contributed by atoms with E-state index in [0.717, 1.165) is 25.7 Å². The van der Waals surface area contributed by atoms with Crippen LogP contribution < -0.4 is 0 Å². The first-order valence-electron chi connectivity index (χ1n) is 9.02. The van der Waals surface area contributed by atoms with Gasteiger partial charge in [0.2, 0.25) is 0 Å². The predicted molar refractivity (Wildman–Crippen MR) is 90.6 cm³/mol. The van der Waals surface area contributed by atoms with Crippen molar-refractivity contribution in [3.8, 4) is 0 Å². The Bertz CT molecular complexity index is 474. The molecule has 2 heterocycles. The summed E-state index contributed by atoms with van der Waals surface area (Å²) in [7, 11) is 0. The van der Waals surface area contributed by atoms with Crippen molar-refractivity contribution < 1.29 is 9.84 Å². The van der Waals surface area contributed by atoms with Crippen molar-refractivity contribution in [1.82, 2.24) is 0 Å². The van der Waals surface area contributed by atoms with E-state index >= 15 is 0 Å². The number of fused-ring (bicyclic) bond motifs is 5. The second kappa shape index (κ2) is 5.79. The summed E-state index contributed by atoms with van der Waals surface area (Å²) in [6.45, 7) is 13.2. The minimum absolute atomic E-state index is 0.0359. The molecule has 0 amide bonds.